The molecule has 0 aromatic rings. The molecule has 1 unspecified atom stereocenters. The lowest BCUT2D eigenvalue weighted by molar-refractivity contribution is -0.135. The summed E-state index contributed by atoms with van der Waals surface area (Å²) < 4.78 is 0. The molecular formula is C40H54O4. The molecule has 0 aromatic carbocycles. The van der Waals surface area contributed by atoms with E-state index in [-0.39, 0.29) is 11.5 Å². The van der Waals surface area contributed by atoms with Gasteiger partial charge in [-0.3, -0.25) is 4.79 Å². The number of aliphatic hydroxyl groups excluding tert-OH is 3. The van der Waals surface area contributed by atoms with Gasteiger partial charge in [0.05, 0.1) is 12.2 Å². The average molecular weight is 599 g/mol. The highest BCUT2D eigenvalue weighted by Crippen LogP contribution is 2.41. The maximum absolute atomic E-state index is 12.3. The van der Waals surface area contributed by atoms with Gasteiger partial charge in [-0.2, -0.15) is 0 Å². The highest BCUT2D eigenvalue weighted by molar-refractivity contribution is 6.01. The van der Waals surface area contributed by atoms with Crippen LogP contribution in [0.25, 0.3) is 0 Å². The summed E-state index contributed by atoms with van der Waals surface area (Å²) >= 11 is 0. The molecule has 3 N–H and O–H groups in total. The zero-order valence-corrected chi connectivity index (χ0v) is 28.5. The van der Waals surface area contributed by atoms with Gasteiger partial charge in [0.1, 0.15) is 6.10 Å². The van der Waals surface area contributed by atoms with Crippen molar-refractivity contribution >= 4 is 5.78 Å². The molecule has 0 aromatic heterocycles. The summed E-state index contributed by atoms with van der Waals surface area (Å²) in [5.41, 5.74) is 7.54. The van der Waals surface area contributed by atoms with Crippen LogP contribution >= 0.6 is 0 Å². The Morgan fingerprint density at radius 2 is 1.11 bits per heavy atom. The summed E-state index contributed by atoms with van der Waals surface area (Å²) in [5, 5.41) is 30.5. The van der Waals surface area contributed by atoms with Crippen molar-refractivity contribution in [2.24, 2.45) is 10.8 Å². The molecular weight excluding hydrogens is 544 g/mol. The topological polar surface area (TPSA) is 77.8 Å². The Balaban J connectivity index is 1.95. The first-order valence-corrected chi connectivity index (χ1v) is 15.5. The number of carbonyl (C=O) groups excluding carboxylic acids is 1. The van der Waals surface area contributed by atoms with Crippen LogP contribution in [0.15, 0.2) is 130 Å². The third kappa shape index (κ3) is 10.4. The van der Waals surface area contributed by atoms with Crippen molar-refractivity contribution in [3.8, 4) is 0 Å². The minimum Gasteiger partial charge on any atom is -0.393 e. The third-order valence-electron chi connectivity index (χ3n) is 8.54. The molecule has 238 valence electrons. The number of Topliss-reactive ketones (excluding diaryl/α,β-unsaturated/α-hetero) is 1. The van der Waals surface area contributed by atoms with Crippen molar-refractivity contribution in [3.05, 3.63) is 130 Å². The van der Waals surface area contributed by atoms with Gasteiger partial charge in [-0.25, -0.2) is 0 Å². The van der Waals surface area contributed by atoms with Crippen molar-refractivity contribution in [1.82, 2.24) is 0 Å². The number of ketones is 1. The third-order valence-corrected chi connectivity index (χ3v) is 8.54. The lowest BCUT2D eigenvalue weighted by atomic mass is 9.69. The second-order valence-electron chi connectivity index (χ2n) is 13.6. The second-order valence-corrected chi connectivity index (χ2v) is 13.6. The molecule has 0 amide bonds. The van der Waals surface area contributed by atoms with E-state index in [4.69, 9.17) is 0 Å². The lowest BCUT2D eigenvalue weighted by Crippen LogP contribution is -2.49. The Labute approximate surface area is 266 Å². The Bertz CT molecular complexity index is 1410. The summed E-state index contributed by atoms with van der Waals surface area (Å²) in [5.74, 6) is -0.418. The number of allylic oxidation sites excluding steroid dienone is 19. The van der Waals surface area contributed by atoms with E-state index in [0.29, 0.717) is 5.57 Å². The Kier molecular flexibility index (Phi) is 13.5. The molecule has 0 saturated carbocycles. The molecule has 0 radical (unpaired) electrons. The van der Waals surface area contributed by atoms with Crippen LogP contribution < -0.4 is 0 Å². The molecule has 2 aliphatic rings. The molecule has 0 bridgehead atoms. The molecule has 0 spiro atoms. The highest BCUT2D eigenvalue weighted by Gasteiger charge is 2.45. The molecule has 2 rings (SSSR count). The predicted molar refractivity (Wildman–Crippen MR) is 186 cm³/mol. The van der Waals surface area contributed by atoms with Gasteiger partial charge in [0.15, 0.2) is 5.78 Å². The number of hydrogen-bond acceptors (Lipinski definition) is 4. The van der Waals surface area contributed by atoms with Crippen LogP contribution in [0.3, 0.4) is 0 Å². The van der Waals surface area contributed by atoms with Crippen LogP contribution in [0.1, 0.15) is 82.1 Å². The highest BCUT2D eigenvalue weighted by atomic mass is 16.3. The van der Waals surface area contributed by atoms with Crippen LogP contribution in [0.2, 0.25) is 0 Å². The zero-order chi connectivity index (χ0) is 33.2. The SMILES string of the molecule is CC1=C(/C=C/C(C)=C/C=C/C(C)=C/C=C/C=C(C)/C=C/C=C(C)/C=C/C2=C(C)C(=O)[C@@H](O)C(O)C2(C)C)C(C)(C)C[C@H](O)C1. The number of rotatable bonds is 10. The average Bonchev–Trinajstić information content (AvgIpc) is 2.92. The van der Waals surface area contributed by atoms with Crippen LogP contribution in [0.4, 0.5) is 0 Å². The maximum atomic E-state index is 12.3. The summed E-state index contributed by atoms with van der Waals surface area (Å²) in [6.45, 7) is 20.1. The molecule has 0 fully saturated rings. The van der Waals surface area contributed by atoms with Crippen LogP contribution in [-0.2, 0) is 4.79 Å². The minimum absolute atomic E-state index is 0.0128. The number of hydrogen-bond donors (Lipinski definition) is 3. The van der Waals surface area contributed by atoms with Crippen molar-refractivity contribution < 1.29 is 20.1 Å². The van der Waals surface area contributed by atoms with Crippen LogP contribution in [0.5, 0.6) is 0 Å². The van der Waals surface area contributed by atoms with E-state index in [0.717, 1.165) is 35.1 Å². The van der Waals surface area contributed by atoms with Crippen molar-refractivity contribution in [3.63, 3.8) is 0 Å². The van der Waals surface area contributed by atoms with E-state index in [9.17, 15) is 20.1 Å². The smallest absolute Gasteiger partial charge is 0.189 e. The van der Waals surface area contributed by atoms with E-state index >= 15 is 0 Å². The minimum atomic E-state index is -1.37. The summed E-state index contributed by atoms with van der Waals surface area (Å²) in [7, 11) is 0. The molecule has 0 saturated heterocycles. The Morgan fingerprint density at radius 1 is 0.682 bits per heavy atom. The van der Waals surface area contributed by atoms with Gasteiger partial charge in [0, 0.05) is 5.41 Å². The molecule has 4 nitrogen and oxygen atoms in total. The summed E-state index contributed by atoms with van der Waals surface area (Å²) in [6, 6.07) is 0. The first-order chi connectivity index (χ1) is 20.5. The van der Waals surface area contributed by atoms with Gasteiger partial charge in [-0.05, 0) is 76.5 Å². The van der Waals surface area contributed by atoms with Crippen LogP contribution in [0, 0.1) is 10.8 Å². The normalized spacial score (nSPS) is 26.2. The van der Waals surface area contributed by atoms with E-state index < -0.39 is 23.4 Å². The number of aliphatic hydroxyl groups is 3. The van der Waals surface area contributed by atoms with Gasteiger partial charge in [0.2, 0.25) is 0 Å². The van der Waals surface area contributed by atoms with Crippen molar-refractivity contribution in [2.45, 2.75) is 100 Å². The Hall–Kier alpha value is -3.31. The molecule has 44 heavy (non-hydrogen) atoms. The quantitative estimate of drug-likeness (QED) is 0.220. The van der Waals surface area contributed by atoms with E-state index in [1.807, 2.05) is 70.2 Å². The zero-order valence-electron chi connectivity index (χ0n) is 28.5. The summed E-state index contributed by atoms with van der Waals surface area (Å²) in [4.78, 5) is 12.3. The maximum Gasteiger partial charge on any atom is 0.189 e. The van der Waals surface area contributed by atoms with Gasteiger partial charge >= 0.3 is 0 Å². The van der Waals surface area contributed by atoms with Gasteiger partial charge in [-0.1, -0.05) is 141 Å². The van der Waals surface area contributed by atoms with E-state index in [1.165, 1.54) is 16.7 Å². The van der Waals surface area contributed by atoms with Crippen molar-refractivity contribution in [2.75, 3.05) is 0 Å². The fourth-order valence-corrected chi connectivity index (χ4v) is 5.82. The first-order valence-electron chi connectivity index (χ1n) is 15.5. The molecule has 0 heterocycles. The van der Waals surface area contributed by atoms with Gasteiger partial charge in [-0.15, -0.1) is 0 Å². The molecule has 3 atom stereocenters. The second kappa shape index (κ2) is 16.1. The van der Waals surface area contributed by atoms with Gasteiger partial charge in [0.25, 0.3) is 0 Å². The largest absolute Gasteiger partial charge is 0.393 e. The Morgan fingerprint density at radius 3 is 1.59 bits per heavy atom. The van der Waals surface area contributed by atoms with E-state index in [2.05, 4.69) is 77.2 Å². The monoisotopic (exact) mass is 598 g/mol. The standard InChI is InChI=1S/C40H54O4/c1-27(17-13-19-29(3)21-23-34-31(5)25-33(41)26-39(34,7)8)15-11-12-16-28(2)18-14-20-30(4)22-24-35-32(6)36(42)37(43)38(44)40(35,9)10/h11-24,33,37-38,41,43-44H,25-26H2,1-10H3/b12-11+,17-13+,18-14+,23-21+,24-22+,27-15+,28-16+,29-19+,30-20+/t33-,37-,38?/m1/s1. The molecule has 4 heteroatoms. The lowest BCUT2D eigenvalue weighted by Gasteiger charge is -2.39. The van der Waals surface area contributed by atoms with E-state index in [1.54, 1.807) is 6.92 Å². The molecule has 2 aliphatic carbocycles. The summed E-state index contributed by atoms with van der Waals surface area (Å²) in [6.07, 6.45) is 27.4. The fourth-order valence-electron chi connectivity index (χ4n) is 5.82. The number of carbonyl (C=O) groups is 1. The predicted octanol–water partition coefficient (Wildman–Crippen LogP) is 8.70. The van der Waals surface area contributed by atoms with Crippen LogP contribution in [-0.4, -0.2) is 39.4 Å². The fraction of sp³-hybridized carbons (Fsp3) is 0.425. The molecule has 0 aliphatic heterocycles. The van der Waals surface area contributed by atoms with Crippen molar-refractivity contribution in [1.29, 1.82) is 0 Å². The van der Waals surface area contributed by atoms with Gasteiger partial charge < -0.3 is 15.3 Å². The first kappa shape index (κ1) is 36.9.